The molecule has 2 aromatic carbocycles. The Bertz CT molecular complexity index is 1390. The van der Waals surface area contributed by atoms with E-state index in [1.165, 1.54) is 21.2 Å². The van der Waals surface area contributed by atoms with Crippen molar-refractivity contribution in [1.29, 1.82) is 0 Å². The molecule has 0 fully saturated rings. The normalized spacial score (nSPS) is 11.5. The molecule has 0 aliphatic carbocycles. The number of carbonyl (C=O) groups is 1. The number of alkyl halides is 3. The summed E-state index contributed by atoms with van der Waals surface area (Å²) in [6.07, 6.45) is -1.27. The van der Waals surface area contributed by atoms with Crippen molar-refractivity contribution < 1.29 is 22.7 Å². The molecule has 4 aromatic rings. The summed E-state index contributed by atoms with van der Waals surface area (Å²) in [5.74, 6) is 0.367. The van der Waals surface area contributed by atoms with Gasteiger partial charge in [0.15, 0.2) is 0 Å². The molecule has 0 aliphatic rings. The van der Waals surface area contributed by atoms with Gasteiger partial charge in [-0.2, -0.15) is 18.3 Å². The first-order chi connectivity index (χ1) is 16.7. The van der Waals surface area contributed by atoms with Gasteiger partial charge in [0, 0.05) is 37.5 Å². The lowest BCUT2D eigenvalue weighted by atomic mass is 10.1. The first-order valence-electron chi connectivity index (χ1n) is 11.0. The monoisotopic (exact) mass is 484 g/mol. The summed E-state index contributed by atoms with van der Waals surface area (Å²) >= 11 is 0. The van der Waals surface area contributed by atoms with Gasteiger partial charge in [-0.25, -0.2) is 4.52 Å². The van der Waals surface area contributed by atoms with Gasteiger partial charge in [-0.1, -0.05) is 12.1 Å². The Hall–Kier alpha value is -4.08. The molecule has 0 atom stereocenters. The van der Waals surface area contributed by atoms with Gasteiger partial charge in [0.05, 0.1) is 17.9 Å². The number of rotatable bonds is 8. The van der Waals surface area contributed by atoms with Crippen molar-refractivity contribution in [2.75, 3.05) is 6.61 Å². The van der Waals surface area contributed by atoms with E-state index in [1.807, 2.05) is 31.2 Å². The molecule has 7 nitrogen and oxygen atoms in total. The smallest absolute Gasteiger partial charge is 0.416 e. The summed E-state index contributed by atoms with van der Waals surface area (Å²) < 4.78 is 46.8. The van der Waals surface area contributed by atoms with Crippen LogP contribution in [0.2, 0.25) is 0 Å². The molecule has 2 aromatic heterocycles. The number of fused-ring (bicyclic) bond motifs is 1. The summed E-state index contributed by atoms with van der Waals surface area (Å²) in [6, 6.07) is 13.9. The van der Waals surface area contributed by atoms with Gasteiger partial charge < -0.3 is 14.6 Å². The van der Waals surface area contributed by atoms with Gasteiger partial charge in [0.2, 0.25) is 5.91 Å². The van der Waals surface area contributed by atoms with Gasteiger partial charge >= 0.3 is 6.18 Å². The van der Waals surface area contributed by atoms with Crippen LogP contribution in [0, 0.1) is 0 Å². The molecule has 1 amide bonds. The quantitative estimate of drug-likeness (QED) is 0.405. The van der Waals surface area contributed by atoms with Crippen molar-refractivity contribution in [1.82, 2.24) is 19.5 Å². The third kappa shape index (κ3) is 5.71. The second-order valence-electron chi connectivity index (χ2n) is 7.84. The fraction of sp³-hybridized carbons (Fsp3) is 0.240. The second-order valence-corrected chi connectivity index (χ2v) is 7.84. The minimum Gasteiger partial charge on any atom is -0.494 e. The highest BCUT2D eigenvalue weighted by atomic mass is 19.4. The topological polar surface area (TPSA) is 77.6 Å². The Morgan fingerprint density at radius 1 is 1.09 bits per heavy atom. The average molecular weight is 484 g/mol. The van der Waals surface area contributed by atoms with E-state index in [2.05, 4.69) is 10.4 Å². The number of hydrogen-bond donors (Lipinski definition) is 1. The van der Waals surface area contributed by atoms with Crippen LogP contribution in [-0.2, 0) is 24.1 Å². The van der Waals surface area contributed by atoms with E-state index in [-0.39, 0.29) is 31.0 Å². The fourth-order valence-corrected chi connectivity index (χ4v) is 3.60. The molecule has 0 aliphatic heterocycles. The SMILES string of the molecule is CCOc1ccc(-c2cc3c(=O)n(CCC(=O)NCc4cccc(C(F)(F)F)c4)ccn3n2)cc1. The number of amides is 1. The average Bonchev–Trinajstić information content (AvgIpc) is 3.28. The molecular formula is C25H23F3N4O3. The number of carbonyl (C=O) groups excluding carboxylic acids is 1. The van der Waals surface area contributed by atoms with E-state index in [0.29, 0.717) is 23.4 Å². The Kier molecular flexibility index (Phi) is 6.90. The molecule has 0 spiro atoms. The van der Waals surface area contributed by atoms with Crippen molar-refractivity contribution >= 4 is 11.4 Å². The van der Waals surface area contributed by atoms with Crippen LogP contribution in [0.1, 0.15) is 24.5 Å². The predicted molar refractivity (Wildman–Crippen MR) is 124 cm³/mol. The maximum absolute atomic E-state index is 12.9. The zero-order chi connectivity index (χ0) is 25.0. The summed E-state index contributed by atoms with van der Waals surface area (Å²) in [7, 11) is 0. The summed E-state index contributed by atoms with van der Waals surface area (Å²) in [5.41, 5.74) is 1.09. The summed E-state index contributed by atoms with van der Waals surface area (Å²) in [6.45, 7) is 2.55. The molecule has 0 saturated heterocycles. The molecule has 1 N–H and O–H groups in total. The number of nitrogens with one attached hydrogen (secondary N) is 1. The Labute approximate surface area is 198 Å². The van der Waals surface area contributed by atoms with Crippen molar-refractivity contribution in [2.24, 2.45) is 0 Å². The van der Waals surface area contributed by atoms with Crippen LogP contribution in [0.5, 0.6) is 5.75 Å². The van der Waals surface area contributed by atoms with Gasteiger partial charge in [0.25, 0.3) is 5.56 Å². The number of aromatic nitrogens is 3. The Morgan fingerprint density at radius 3 is 2.57 bits per heavy atom. The first kappa shape index (κ1) is 24.1. The minimum absolute atomic E-state index is 0.00503. The van der Waals surface area contributed by atoms with Crippen molar-refractivity contribution in [3.05, 3.63) is 88.5 Å². The van der Waals surface area contributed by atoms with Crippen LogP contribution in [0.25, 0.3) is 16.8 Å². The fourth-order valence-electron chi connectivity index (χ4n) is 3.60. The Morgan fingerprint density at radius 2 is 1.86 bits per heavy atom. The minimum atomic E-state index is -4.44. The first-order valence-corrected chi connectivity index (χ1v) is 11.0. The second kappa shape index (κ2) is 10.0. The zero-order valence-electron chi connectivity index (χ0n) is 18.9. The molecule has 2 heterocycles. The third-order valence-electron chi connectivity index (χ3n) is 5.39. The van der Waals surface area contributed by atoms with E-state index < -0.39 is 11.7 Å². The van der Waals surface area contributed by atoms with E-state index in [1.54, 1.807) is 18.5 Å². The molecular weight excluding hydrogens is 461 g/mol. The van der Waals surface area contributed by atoms with Crippen LogP contribution in [0.4, 0.5) is 13.2 Å². The van der Waals surface area contributed by atoms with Crippen LogP contribution in [-0.4, -0.2) is 26.7 Å². The highest BCUT2D eigenvalue weighted by Gasteiger charge is 2.30. The van der Waals surface area contributed by atoms with Crippen LogP contribution in [0.3, 0.4) is 0 Å². The lowest BCUT2D eigenvalue weighted by Gasteiger charge is -2.10. The molecule has 0 radical (unpaired) electrons. The van der Waals surface area contributed by atoms with E-state index in [0.717, 1.165) is 23.4 Å². The molecule has 35 heavy (non-hydrogen) atoms. The molecule has 10 heteroatoms. The number of ether oxygens (including phenoxy) is 1. The predicted octanol–water partition coefficient (Wildman–Crippen LogP) is 4.29. The number of hydrogen-bond acceptors (Lipinski definition) is 4. The lowest BCUT2D eigenvalue weighted by Crippen LogP contribution is -2.27. The standard InChI is InChI=1S/C25H23F3N4O3/c1-2-35-20-8-6-18(7-9-20)21-15-22-24(34)31(12-13-32(22)30-21)11-10-23(33)29-16-17-4-3-5-19(14-17)25(26,27)28/h3-9,12-15H,2,10-11,16H2,1H3,(H,29,33). The molecule has 0 unspecified atom stereocenters. The largest absolute Gasteiger partial charge is 0.494 e. The number of aryl methyl sites for hydroxylation is 1. The highest BCUT2D eigenvalue weighted by Crippen LogP contribution is 2.29. The number of halogens is 3. The maximum Gasteiger partial charge on any atom is 0.416 e. The zero-order valence-corrected chi connectivity index (χ0v) is 18.9. The maximum atomic E-state index is 12.9. The van der Waals surface area contributed by atoms with Crippen molar-refractivity contribution in [3.8, 4) is 17.0 Å². The highest BCUT2D eigenvalue weighted by molar-refractivity contribution is 5.75. The van der Waals surface area contributed by atoms with Crippen molar-refractivity contribution in [2.45, 2.75) is 32.6 Å². The van der Waals surface area contributed by atoms with Gasteiger partial charge in [-0.05, 0) is 55.0 Å². The molecule has 0 bridgehead atoms. The Balaban J connectivity index is 1.40. The van der Waals surface area contributed by atoms with Crippen molar-refractivity contribution in [3.63, 3.8) is 0 Å². The third-order valence-corrected chi connectivity index (χ3v) is 5.39. The summed E-state index contributed by atoms with van der Waals surface area (Å²) in [5, 5.41) is 7.04. The molecule has 4 rings (SSSR count). The van der Waals surface area contributed by atoms with E-state index in [4.69, 9.17) is 4.74 Å². The van der Waals surface area contributed by atoms with Gasteiger partial charge in [-0.15, -0.1) is 0 Å². The number of benzene rings is 2. The van der Waals surface area contributed by atoms with Crippen LogP contribution >= 0.6 is 0 Å². The van der Waals surface area contributed by atoms with Gasteiger partial charge in [0.1, 0.15) is 11.3 Å². The lowest BCUT2D eigenvalue weighted by molar-refractivity contribution is -0.137. The number of nitrogens with zero attached hydrogens (tertiary/aromatic N) is 3. The molecule has 182 valence electrons. The van der Waals surface area contributed by atoms with E-state index >= 15 is 0 Å². The molecule has 0 saturated carbocycles. The van der Waals surface area contributed by atoms with Gasteiger partial charge in [-0.3, -0.25) is 9.59 Å². The van der Waals surface area contributed by atoms with E-state index in [9.17, 15) is 22.8 Å². The summed E-state index contributed by atoms with van der Waals surface area (Å²) in [4.78, 5) is 25.1. The van der Waals surface area contributed by atoms with Crippen LogP contribution in [0.15, 0.2) is 71.8 Å². The van der Waals surface area contributed by atoms with Crippen LogP contribution < -0.4 is 15.6 Å².